The van der Waals surface area contributed by atoms with Crippen LogP contribution in [0.4, 0.5) is 4.79 Å². The molecule has 1 atom stereocenters. The van der Waals surface area contributed by atoms with E-state index in [1.54, 1.807) is 13.2 Å². The van der Waals surface area contributed by atoms with Gasteiger partial charge < -0.3 is 5.32 Å². The minimum absolute atomic E-state index is 0.138. The fourth-order valence-electron chi connectivity index (χ4n) is 2.62. The third-order valence-electron chi connectivity index (χ3n) is 3.75. The van der Waals surface area contributed by atoms with E-state index in [0.717, 1.165) is 11.1 Å². The molecule has 0 radical (unpaired) electrons. The monoisotopic (exact) mass is 299 g/mol. The van der Waals surface area contributed by atoms with Crippen LogP contribution >= 0.6 is 0 Å². The quantitative estimate of drug-likeness (QED) is 0.926. The van der Waals surface area contributed by atoms with Crippen molar-refractivity contribution < 1.29 is 9.59 Å². The maximum Gasteiger partial charge on any atom is 0.324 e. The molecule has 1 aromatic carbocycles. The van der Waals surface area contributed by atoms with Crippen LogP contribution in [0.2, 0.25) is 0 Å². The van der Waals surface area contributed by atoms with E-state index in [2.05, 4.69) is 15.5 Å². The maximum absolute atomic E-state index is 12.3. The third kappa shape index (κ3) is 2.69. The fraction of sp³-hybridized carbons (Fsp3) is 0.333. The van der Waals surface area contributed by atoms with E-state index in [0.29, 0.717) is 5.69 Å². The molecule has 0 saturated carbocycles. The molecule has 2 heterocycles. The van der Waals surface area contributed by atoms with Gasteiger partial charge in [0.2, 0.25) is 5.91 Å². The fourth-order valence-corrected chi connectivity index (χ4v) is 2.62. The van der Waals surface area contributed by atoms with E-state index >= 15 is 0 Å². The molecule has 1 aromatic heterocycles. The van der Waals surface area contributed by atoms with Crippen LogP contribution in [0.25, 0.3) is 0 Å². The number of carbonyl (C=O) groups excluding carboxylic acids is 2. The molecule has 2 aromatic rings. The van der Waals surface area contributed by atoms with Gasteiger partial charge in [0.1, 0.15) is 5.69 Å². The van der Waals surface area contributed by atoms with Gasteiger partial charge in [0.25, 0.3) is 0 Å². The number of benzene rings is 1. The smallest absolute Gasteiger partial charge is 0.324 e. The molecule has 1 N–H and O–H groups in total. The van der Waals surface area contributed by atoms with E-state index in [9.17, 15) is 9.59 Å². The van der Waals surface area contributed by atoms with Gasteiger partial charge in [-0.25, -0.2) is 4.79 Å². The lowest BCUT2D eigenvalue weighted by Gasteiger charge is -2.31. The molecule has 3 amide bonds. The van der Waals surface area contributed by atoms with Gasteiger partial charge in [-0.2, -0.15) is 15.0 Å². The zero-order valence-electron chi connectivity index (χ0n) is 12.5. The van der Waals surface area contributed by atoms with Gasteiger partial charge in [-0.3, -0.25) is 9.69 Å². The first kappa shape index (κ1) is 14.2. The maximum atomic E-state index is 12.3. The standard InChI is InChI=1S/C15H17N5O2/c1-10-5-3-4-6-12(10)13-7-14(21)20(15(22)17-13)9-11-8-16-19(2)18-11/h3-6,8,13H,7,9H2,1-2H3,(H,17,22). The number of imide groups is 1. The second-order valence-corrected chi connectivity index (χ2v) is 5.37. The number of amides is 3. The Morgan fingerprint density at radius 2 is 2.09 bits per heavy atom. The number of hydrogen-bond donors (Lipinski definition) is 1. The molecule has 7 heteroatoms. The summed E-state index contributed by atoms with van der Waals surface area (Å²) >= 11 is 0. The van der Waals surface area contributed by atoms with Crippen LogP contribution in [0.15, 0.2) is 30.5 Å². The minimum atomic E-state index is -0.393. The average molecular weight is 299 g/mol. The zero-order valence-corrected chi connectivity index (χ0v) is 12.5. The highest BCUT2D eigenvalue weighted by atomic mass is 16.2. The zero-order chi connectivity index (χ0) is 15.7. The molecule has 1 saturated heterocycles. The van der Waals surface area contributed by atoms with Crippen molar-refractivity contribution in [3.8, 4) is 0 Å². The lowest BCUT2D eigenvalue weighted by Crippen LogP contribution is -2.50. The highest BCUT2D eigenvalue weighted by molar-refractivity contribution is 5.97. The summed E-state index contributed by atoms with van der Waals surface area (Å²) in [6, 6.07) is 7.08. The molecule has 3 rings (SSSR count). The number of rotatable bonds is 3. The Morgan fingerprint density at radius 1 is 1.32 bits per heavy atom. The summed E-state index contributed by atoms with van der Waals surface area (Å²) < 4.78 is 0. The Labute approximate surface area is 127 Å². The Morgan fingerprint density at radius 3 is 2.73 bits per heavy atom. The van der Waals surface area contributed by atoms with E-state index in [4.69, 9.17) is 0 Å². The molecule has 7 nitrogen and oxygen atoms in total. The summed E-state index contributed by atoms with van der Waals surface area (Å²) in [5.41, 5.74) is 2.62. The highest BCUT2D eigenvalue weighted by Gasteiger charge is 2.33. The second kappa shape index (κ2) is 5.59. The Balaban J connectivity index is 1.76. The number of urea groups is 1. The van der Waals surface area contributed by atoms with Crippen LogP contribution in [0.3, 0.4) is 0 Å². The molecule has 0 aliphatic carbocycles. The first-order valence-corrected chi connectivity index (χ1v) is 7.06. The predicted molar refractivity (Wildman–Crippen MR) is 78.6 cm³/mol. The number of carbonyl (C=O) groups is 2. The van der Waals surface area contributed by atoms with Crippen LogP contribution < -0.4 is 5.32 Å². The van der Waals surface area contributed by atoms with Gasteiger partial charge in [0.05, 0.1) is 25.2 Å². The van der Waals surface area contributed by atoms with E-state index in [1.807, 2.05) is 31.2 Å². The number of aryl methyl sites for hydroxylation is 2. The summed E-state index contributed by atoms with van der Waals surface area (Å²) in [5, 5.41) is 10.9. The Kier molecular flexibility index (Phi) is 3.62. The van der Waals surface area contributed by atoms with E-state index in [-0.39, 0.29) is 24.9 Å². The number of nitrogens with zero attached hydrogens (tertiary/aromatic N) is 4. The summed E-state index contributed by atoms with van der Waals surface area (Å²) in [6.45, 7) is 2.11. The van der Waals surface area contributed by atoms with Crippen molar-refractivity contribution in [2.75, 3.05) is 0 Å². The Hall–Kier alpha value is -2.70. The molecule has 114 valence electrons. The van der Waals surface area contributed by atoms with Crippen molar-refractivity contribution in [1.82, 2.24) is 25.2 Å². The lowest BCUT2D eigenvalue weighted by atomic mass is 9.97. The number of nitrogens with one attached hydrogen (secondary N) is 1. The van der Waals surface area contributed by atoms with Crippen LogP contribution in [0.5, 0.6) is 0 Å². The van der Waals surface area contributed by atoms with Crippen molar-refractivity contribution in [2.45, 2.75) is 25.9 Å². The van der Waals surface area contributed by atoms with Crippen LogP contribution in [0.1, 0.15) is 29.3 Å². The predicted octanol–water partition coefficient (Wildman–Crippen LogP) is 1.31. The summed E-state index contributed by atoms with van der Waals surface area (Å²) in [4.78, 5) is 27.2. The van der Waals surface area contributed by atoms with Gasteiger partial charge in [0.15, 0.2) is 0 Å². The van der Waals surface area contributed by atoms with Crippen molar-refractivity contribution in [1.29, 1.82) is 0 Å². The van der Waals surface area contributed by atoms with E-state index < -0.39 is 6.03 Å². The van der Waals surface area contributed by atoms with Gasteiger partial charge >= 0.3 is 6.03 Å². The third-order valence-corrected chi connectivity index (χ3v) is 3.75. The molecule has 0 spiro atoms. The molecule has 22 heavy (non-hydrogen) atoms. The van der Waals surface area contributed by atoms with Crippen LogP contribution in [0, 0.1) is 6.92 Å². The van der Waals surface area contributed by atoms with Gasteiger partial charge in [-0.05, 0) is 18.1 Å². The van der Waals surface area contributed by atoms with Crippen molar-refractivity contribution >= 4 is 11.9 Å². The molecule has 1 fully saturated rings. The summed E-state index contributed by atoms with van der Waals surface area (Å²) in [7, 11) is 1.69. The van der Waals surface area contributed by atoms with Gasteiger partial charge in [-0.1, -0.05) is 24.3 Å². The second-order valence-electron chi connectivity index (χ2n) is 5.37. The van der Waals surface area contributed by atoms with Crippen molar-refractivity contribution in [3.63, 3.8) is 0 Å². The van der Waals surface area contributed by atoms with Crippen molar-refractivity contribution in [3.05, 3.63) is 47.3 Å². The molecular formula is C15H17N5O2. The molecule has 0 bridgehead atoms. The summed E-state index contributed by atoms with van der Waals surface area (Å²) in [5.74, 6) is -0.206. The van der Waals surface area contributed by atoms with Gasteiger partial charge in [-0.15, -0.1) is 0 Å². The van der Waals surface area contributed by atoms with Gasteiger partial charge in [0, 0.05) is 7.05 Å². The number of aromatic nitrogens is 3. The first-order valence-electron chi connectivity index (χ1n) is 7.06. The lowest BCUT2D eigenvalue weighted by molar-refractivity contribution is -0.130. The largest absolute Gasteiger partial charge is 0.330 e. The van der Waals surface area contributed by atoms with Crippen LogP contribution in [-0.4, -0.2) is 31.8 Å². The first-order chi connectivity index (χ1) is 10.5. The molecule has 1 aliphatic heterocycles. The topological polar surface area (TPSA) is 80.1 Å². The summed E-state index contributed by atoms with van der Waals surface area (Å²) in [6.07, 6.45) is 1.80. The highest BCUT2D eigenvalue weighted by Crippen LogP contribution is 2.25. The Bertz CT molecular complexity index is 706. The van der Waals surface area contributed by atoms with E-state index in [1.165, 1.54) is 9.70 Å². The normalized spacial score (nSPS) is 18.5. The SMILES string of the molecule is Cc1ccccc1C1CC(=O)N(Cc2cnn(C)n2)C(=O)N1. The number of hydrogen-bond acceptors (Lipinski definition) is 4. The van der Waals surface area contributed by atoms with Crippen LogP contribution in [-0.2, 0) is 18.4 Å². The average Bonchev–Trinajstić information content (AvgIpc) is 2.88. The molecule has 1 unspecified atom stereocenters. The molecule has 1 aliphatic rings. The van der Waals surface area contributed by atoms with Crippen molar-refractivity contribution in [2.24, 2.45) is 7.05 Å². The minimum Gasteiger partial charge on any atom is -0.330 e. The molecular weight excluding hydrogens is 282 g/mol.